The predicted octanol–water partition coefficient (Wildman–Crippen LogP) is 4.29. The van der Waals surface area contributed by atoms with Gasteiger partial charge in [-0.1, -0.05) is 35.9 Å². The Labute approximate surface area is 192 Å². The number of rotatable bonds is 6. The van der Waals surface area contributed by atoms with E-state index >= 15 is 0 Å². The smallest absolute Gasteiger partial charge is 0.384 e. The summed E-state index contributed by atoms with van der Waals surface area (Å²) in [5.74, 6) is 4.66. The van der Waals surface area contributed by atoms with E-state index in [4.69, 9.17) is 13.9 Å². The van der Waals surface area contributed by atoms with E-state index in [-0.39, 0.29) is 11.8 Å². The van der Waals surface area contributed by atoms with Crippen molar-refractivity contribution in [3.8, 4) is 11.8 Å². The first-order valence-corrected chi connectivity index (χ1v) is 11.7. The molecule has 1 saturated carbocycles. The Bertz CT molecular complexity index is 983. The molecule has 3 atom stereocenters. The number of benzene rings is 1. The monoisotopic (exact) mass is 456 g/mol. The van der Waals surface area contributed by atoms with Crippen molar-refractivity contribution in [2.75, 3.05) is 20.3 Å². The van der Waals surface area contributed by atoms with E-state index in [0.29, 0.717) is 26.1 Å². The largest absolute Gasteiger partial charge is 0.459 e. The number of aliphatic hydroxyl groups is 1. The fourth-order valence-corrected chi connectivity index (χ4v) is 5.60. The Balaban J connectivity index is 1.52. The van der Waals surface area contributed by atoms with E-state index in [1.165, 1.54) is 7.11 Å². The maximum absolute atomic E-state index is 11.2. The van der Waals surface area contributed by atoms with Crippen LogP contribution in [0, 0.1) is 24.7 Å². The van der Waals surface area contributed by atoms with Crippen LogP contribution in [0.25, 0.3) is 0 Å². The second-order valence-electron chi connectivity index (χ2n) is 8.14. The molecule has 1 saturated heterocycles. The topological polar surface area (TPSA) is 78.1 Å². The molecular formula is C25H28O6S. The summed E-state index contributed by atoms with van der Waals surface area (Å²) in [6, 6.07) is 12.2. The predicted molar refractivity (Wildman–Crippen MR) is 119 cm³/mol. The van der Waals surface area contributed by atoms with E-state index in [1.807, 2.05) is 18.2 Å². The first-order chi connectivity index (χ1) is 15.5. The van der Waals surface area contributed by atoms with Crippen molar-refractivity contribution >= 4 is 17.7 Å². The molecular weight excluding hydrogens is 428 g/mol. The van der Waals surface area contributed by atoms with Gasteiger partial charge in [0.2, 0.25) is 0 Å². The van der Waals surface area contributed by atoms with Crippen LogP contribution in [0.2, 0.25) is 0 Å². The summed E-state index contributed by atoms with van der Waals surface area (Å²) in [6.07, 6.45) is 1.80. The Morgan fingerprint density at radius 2 is 2.06 bits per heavy atom. The van der Waals surface area contributed by atoms with Gasteiger partial charge < -0.3 is 23.7 Å². The van der Waals surface area contributed by atoms with Gasteiger partial charge in [0.05, 0.1) is 20.3 Å². The van der Waals surface area contributed by atoms with Gasteiger partial charge in [-0.05, 0) is 49.9 Å². The number of hydrogen-bond donors (Lipinski definition) is 1. The molecule has 2 aromatic rings. The zero-order valence-corrected chi connectivity index (χ0v) is 19.2. The fourth-order valence-electron chi connectivity index (χ4n) is 4.71. The van der Waals surface area contributed by atoms with Crippen LogP contribution in [0.4, 0.5) is 0 Å². The molecule has 6 nitrogen and oxygen atoms in total. The molecule has 1 aliphatic carbocycles. The lowest BCUT2D eigenvalue weighted by Crippen LogP contribution is -2.36. The van der Waals surface area contributed by atoms with Gasteiger partial charge in [-0.2, -0.15) is 0 Å². The second-order valence-corrected chi connectivity index (χ2v) is 9.22. The van der Waals surface area contributed by atoms with E-state index < -0.39 is 17.9 Å². The average Bonchev–Trinajstić information content (AvgIpc) is 3.51. The highest BCUT2D eigenvalue weighted by Gasteiger charge is 2.54. The lowest BCUT2D eigenvalue weighted by molar-refractivity contribution is -0.185. The third-order valence-electron chi connectivity index (χ3n) is 6.14. The minimum absolute atomic E-state index is 0.0269. The number of methoxy groups -OCH3 is 1. The molecule has 170 valence electrons. The molecule has 0 bridgehead atoms. The summed E-state index contributed by atoms with van der Waals surface area (Å²) < 4.78 is 23.0. The molecule has 4 rings (SSSR count). The molecule has 1 aromatic carbocycles. The molecule has 1 aliphatic heterocycles. The van der Waals surface area contributed by atoms with Gasteiger partial charge in [0.25, 0.3) is 0 Å². The van der Waals surface area contributed by atoms with Gasteiger partial charge in [-0.25, -0.2) is 4.79 Å². The Kier molecular flexibility index (Phi) is 7.27. The maximum Gasteiger partial charge on any atom is 0.384 e. The number of carbonyl (C=O) groups is 1. The number of ether oxygens (including phenoxy) is 3. The van der Waals surface area contributed by atoms with Crippen molar-refractivity contribution < 1.29 is 28.5 Å². The molecule has 1 spiro atoms. The summed E-state index contributed by atoms with van der Waals surface area (Å²) in [5.41, 5.74) is 1.11. The van der Waals surface area contributed by atoms with Crippen LogP contribution in [0.1, 0.15) is 42.9 Å². The third kappa shape index (κ3) is 5.05. The number of furan rings is 1. The number of aryl methyl sites for hydroxylation is 1. The number of esters is 1. The Morgan fingerprint density at radius 3 is 2.78 bits per heavy atom. The highest BCUT2D eigenvalue weighted by molar-refractivity contribution is 7.99. The highest BCUT2D eigenvalue weighted by atomic mass is 32.2. The minimum Gasteiger partial charge on any atom is -0.459 e. The summed E-state index contributed by atoms with van der Waals surface area (Å²) in [5, 5.41) is 11.1. The summed E-state index contributed by atoms with van der Waals surface area (Å²) in [6.45, 7) is 3.21. The van der Waals surface area contributed by atoms with Crippen molar-refractivity contribution in [1.29, 1.82) is 0 Å². The zero-order valence-electron chi connectivity index (χ0n) is 18.3. The standard InChI is InChI=1S/C25H28O6S/c1-17-16-23(32-19-6-4-3-5-7-19)31-24(17)20-12-13-25(29-14-15-30-25)21(20)10-8-18(26)9-11-22(27)28-2/h3-7,16,18,20-21,26H,8,10,12-15H2,1-2H3/t18?,20-,21+/m1/s1. The van der Waals surface area contributed by atoms with Gasteiger partial charge in [0.15, 0.2) is 10.9 Å². The van der Waals surface area contributed by atoms with Crippen LogP contribution in [0.15, 0.2) is 50.8 Å². The third-order valence-corrected chi connectivity index (χ3v) is 7.05. The van der Waals surface area contributed by atoms with E-state index in [2.05, 4.69) is 41.7 Å². The average molecular weight is 457 g/mol. The van der Waals surface area contributed by atoms with Gasteiger partial charge in [0, 0.05) is 29.1 Å². The molecule has 1 N–H and O–H groups in total. The molecule has 0 amide bonds. The maximum atomic E-state index is 11.2. The normalized spacial score (nSPS) is 22.5. The van der Waals surface area contributed by atoms with E-state index in [1.54, 1.807) is 11.8 Å². The molecule has 0 radical (unpaired) electrons. The summed E-state index contributed by atoms with van der Waals surface area (Å²) in [7, 11) is 1.26. The van der Waals surface area contributed by atoms with Gasteiger partial charge in [-0.3, -0.25) is 0 Å². The Morgan fingerprint density at radius 1 is 1.31 bits per heavy atom. The molecule has 2 heterocycles. The van der Waals surface area contributed by atoms with Gasteiger partial charge >= 0.3 is 5.97 Å². The molecule has 32 heavy (non-hydrogen) atoms. The second kappa shape index (κ2) is 10.1. The van der Waals surface area contributed by atoms with Gasteiger partial charge in [0.1, 0.15) is 11.9 Å². The highest BCUT2D eigenvalue weighted by Crippen LogP contribution is 2.53. The minimum atomic E-state index is -0.921. The fraction of sp³-hybridized carbons (Fsp3) is 0.480. The quantitative estimate of drug-likeness (QED) is 0.395. The lowest BCUT2D eigenvalue weighted by atomic mass is 9.85. The van der Waals surface area contributed by atoms with Crippen LogP contribution in [-0.2, 0) is 19.0 Å². The molecule has 2 aliphatic rings. The molecule has 1 aromatic heterocycles. The molecule has 1 unspecified atom stereocenters. The van der Waals surface area contributed by atoms with E-state index in [9.17, 15) is 9.90 Å². The lowest BCUT2D eigenvalue weighted by Gasteiger charge is -2.32. The zero-order chi connectivity index (χ0) is 22.6. The first-order valence-electron chi connectivity index (χ1n) is 10.9. The van der Waals surface area contributed by atoms with Crippen molar-refractivity contribution in [3.63, 3.8) is 0 Å². The van der Waals surface area contributed by atoms with Crippen LogP contribution >= 0.6 is 11.8 Å². The number of aliphatic hydroxyl groups excluding tert-OH is 1. The van der Waals surface area contributed by atoms with E-state index in [0.717, 1.165) is 34.2 Å². The van der Waals surface area contributed by atoms with Crippen LogP contribution < -0.4 is 0 Å². The van der Waals surface area contributed by atoms with Crippen molar-refractivity contribution in [2.45, 2.75) is 60.4 Å². The first kappa shape index (κ1) is 22.9. The Hall–Kier alpha value is -2.24. The summed E-state index contributed by atoms with van der Waals surface area (Å²) in [4.78, 5) is 12.4. The SMILES string of the molecule is COC(=O)C#CC(O)CC[C@H]1[C@H](c2oc(Sc3ccccc3)cc2C)CCC12OCCO2. The van der Waals surface area contributed by atoms with Crippen molar-refractivity contribution in [2.24, 2.45) is 5.92 Å². The molecule has 2 fully saturated rings. The van der Waals surface area contributed by atoms with Crippen LogP contribution in [0.5, 0.6) is 0 Å². The number of hydrogen-bond acceptors (Lipinski definition) is 7. The van der Waals surface area contributed by atoms with Crippen LogP contribution in [-0.4, -0.2) is 43.3 Å². The molecule has 7 heteroatoms. The van der Waals surface area contributed by atoms with Gasteiger partial charge in [-0.15, -0.1) is 0 Å². The van der Waals surface area contributed by atoms with Crippen molar-refractivity contribution in [3.05, 3.63) is 47.7 Å². The van der Waals surface area contributed by atoms with Crippen molar-refractivity contribution in [1.82, 2.24) is 0 Å². The summed E-state index contributed by atoms with van der Waals surface area (Å²) >= 11 is 1.60. The number of carbonyl (C=O) groups excluding carboxylic acids is 1. The van der Waals surface area contributed by atoms with Crippen LogP contribution in [0.3, 0.4) is 0 Å².